The van der Waals surface area contributed by atoms with Crippen LogP contribution in [0.15, 0.2) is 18.2 Å². The molecule has 0 aliphatic carbocycles. The van der Waals surface area contributed by atoms with Crippen LogP contribution in [0.2, 0.25) is 0 Å². The first-order valence-electron chi connectivity index (χ1n) is 6.39. The number of hydrogen-bond acceptors (Lipinski definition) is 1. The number of rotatable bonds is 4. The van der Waals surface area contributed by atoms with Crippen molar-refractivity contribution >= 4 is 10.9 Å². The van der Waals surface area contributed by atoms with Gasteiger partial charge in [-0.05, 0) is 37.9 Å². The van der Waals surface area contributed by atoms with Gasteiger partial charge < -0.3 is 10.3 Å². The lowest BCUT2D eigenvalue weighted by Gasteiger charge is -2.08. The minimum atomic E-state index is 0.558. The van der Waals surface area contributed by atoms with E-state index in [2.05, 4.69) is 56.2 Å². The maximum atomic E-state index is 3.51. The SMILES string of the molecule is Cc1[nH]c2c(C)cccc2c1CCNC(C)C. The zero-order valence-electron chi connectivity index (χ0n) is 11.2. The fourth-order valence-electron chi connectivity index (χ4n) is 2.36. The van der Waals surface area contributed by atoms with Crippen LogP contribution >= 0.6 is 0 Å². The van der Waals surface area contributed by atoms with Gasteiger partial charge >= 0.3 is 0 Å². The second-order valence-electron chi connectivity index (χ2n) is 5.08. The number of aryl methyl sites for hydroxylation is 2. The summed E-state index contributed by atoms with van der Waals surface area (Å²) in [4.78, 5) is 3.51. The van der Waals surface area contributed by atoms with Crippen LogP contribution in [0.3, 0.4) is 0 Å². The van der Waals surface area contributed by atoms with Gasteiger partial charge in [0.1, 0.15) is 0 Å². The van der Waals surface area contributed by atoms with Gasteiger partial charge in [-0.25, -0.2) is 0 Å². The summed E-state index contributed by atoms with van der Waals surface area (Å²) in [6.45, 7) is 9.75. The Morgan fingerprint density at radius 2 is 2.00 bits per heavy atom. The van der Waals surface area contributed by atoms with Gasteiger partial charge in [0.05, 0.1) is 0 Å². The molecule has 0 saturated heterocycles. The molecule has 1 heterocycles. The molecule has 0 fully saturated rings. The van der Waals surface area contributed by atoms with E-state index >= 15 is 0 Å². The van der Waals surface area contributed by atoms with Crippen molar-refractivity contribution in [3.8, 4) is 0 Å². The molecule has 0 unspecified atom stereocenters. The summed E-state index contributed by atoms with van der Waals surface area (Å²) in [7, 11) is 0. The highest BCUT2D eigenvalue weighted by Crippen LogP contribution is 2.24. The predicted octanol–water partition coefficient (Wildman–Crippen LogP) is 3.33. The van der Waals surface area contributed by atoms with E-state index < -0.39 is 0 Å². The fourth-order valence-corrected chi connectivity index (χ4v) is 2.36. The Labute approximate surface area is 103 Å². The molecule has 0 aliphatic heterocycles. The molecule has 0 bridgehead atoms. The van der Waals surface area contributed by atoms with E-state index in [0.717, 1.165) is 13.0 Å². The molecule has 2 nitrogen and oxygen atoms in total. The summed E-state index contributed by atoms with van der Waals surface area (Å²) in [5.74, 6) is 0. The van der Waals surface area contributed by atoms with Gasteiger partial charge in [-0.2, -0.15) is 0 Å². The Kier molecular flexibility index (Phi) is 3.53. The smallest absolute Gasteiger partial charge is 0.0488 e. The largest absolute Gasteiger partial charge is 0.358 e. The van der Waals surface area contributed by atoms with Crippen molar-refractivity contribution in [1.29, 1.82) is 0 Å². The minimum Gasteiger partial charge on any atom is -0.358 e. The quantitative estimate of drug-likeness (QED) is 0.828. The van der Waals surface area contributed by atoms with Gasteiger partial charge in [0.2, 0.25) is 0 Å². The molecular weight excluding hydrogens is 208 g/mol. The van der Waals surface area contributed by atoms with Crippen LogP contribution in [0, 0.1) is 13.8 Å². The van der Waals surface area contributed by atoms with Crippen molar-refractivity contribution in [3.63, 3.8) is 0 Å². The van der Waals surface area contributed by atoms with Crippen molar-refractivity contribution in [2.45, 2.75) is 40.2 Å². The van der Waals surface area contributed by atoms with Gasteiger partial charge in [0, 0.05) is 22.6 Å². The monoisotopic (exact) mass is 230 g/mol. The first-order valence-corrected chi connectivity index (χ1v) is 6.39. The zero-order chi connectivity index (χ0) is 12.4. The van der Waals surface area contributed by atoms with Crippen molar-refractivity contribution in [2.75, 3.05) is 6.54 Å². The molecule has 0 radical (unpaired) electrons. The van der Waals surface area contributed by atoms with Crippen LogP contribution in [0.1, 0.15) is 30.7 Å². The van der Waals surface area contributed by atoms with E-state index in [9.17, 15) is 0 Å². The number of aromatic nitrogens is 1. The Morgan fingerprint density at radius 3 is 2.71 bits per heavy atom. The van der Waals surface area contributed by atoms with Crippen LogP contribution in [0.5, 0.6) is 0 Å². The lowest BCUT2D eigenvalue weighted by Crippen LogP contribution is -2.25. The standard InChI is InChI=1S/C15H22N2/c1-10(2)16-9-8-13-12(4)17-15-11(3)6-5-7-14(13)15/h5-7,10,16-17H,8-9H2,1-4H3. The lowest BCUT2D eigenvalue weighted by atomic mass is 10.1. The molecule has 0 atom stereocenters. The van der Waals surface area contributed by atoms with E-state index in [4.69, 9.17) is 0 Å². The highest BCUT2D eigenvalue weighted by Gasteiger charge is 2.09. The number of benzene rings is 1. The third kappa shape index (κ3) is 2.52. The van der Waals surface area contributed by atoms with Crippen molar-refractivity contribution < 1.29 is 0 Å². The maximum Gasteiger partial charge on any atom is 0.0488 e. The number of aromatic amines is 1. The van der Waals surface area contributed by atoms with E-state index in [1.807, 2.05) is 0 Å². The molecule has 92 valence electrons. The first kappa shape index (κ1) is 12.2. The number of nitrogens with one attached hydrogen (secondary N) is 2. The molecular formula is C15H22N2. The van der Waals surface area contributed by atoms with Gasteiger partial charge in [0.15, 0.2) is 0 Å². The third-order valence-corrected chi connectivity index (χ3v) is 3.29. The number of para-hydroxylation sites is 1. The van der Waals surface area contributed by atoms with Crippen molar-refractivity contribution in [1.82, 2.24) is 10.3 Å². The van der Waals surface area contributed by atoms with E-state index in [1.165, 1.54) is 27.7 Å². The summed E-state index contributed by atoms with van der Waals surface area (Å²) < 4.78 is 0. The van der Waals surface area contributed by atoms with E-state index in [-0.39, 0.29) is 0 Å². The van der Waals surface area contributed by atoms with Crippen LogP contribution in [-0.2, 0) is 6.42 Å². The van der Waals surface area contributed by atoms with Crippen molar-refractivity contribution in [3.05, 3.63) is 35.0 Å². The van der Waals surface area contributed by atoms with Crippen LogP contribution in [0.4, 0.5) is 0 Å². The average molecular weight is 230 g/mol. The zero-order valence-corrected chi connectivity index (χ0v) is 11.2. The molecule has 0 amide bonds. The molecule has 2 N–H and O–H groups in total. The fraction of sp³-hybridized carbons (Fsp3) is 0.467. The van der Waals surface area contributed by atoms with E-state index in [1.54, 1.807) is 0 Å². The second kappa shape index (κ2) is 4.92. The Hall–Kier alpha value is -1.28. The number of H-pyrrole nitrogens is 1. The van der Waals surface area contributed by atoms with E-state index in [0.29, 0.717) is 6.04 Å². The van der Waals surface area contributed by atoms with Gasteiger partial charge in [-0.1, -0.05) is 32.0 Å². The molecule has 0 saturated carbocycles. The van der Waals surface area contributed by atoms with Crippen molar-refractivity contribution in [2.24, 2.45) is 0 Å². The first-order chi connectivity index (χ1) is 8.09. The Bertz CT molecular complexity index is 509. The molecule has 2 rings (SSSR count). The molecule has 2 heteroatoms. The van der Waals surface area contributed by atoms with Gasteiger partial charge in [0.25, 0.3) is 0 Å². The highest BCUT2D eigenvalue weighted by molar-refractivity contribution is 5.87. The molecule has 17 heavy (non-hydrogen) atoms. The average Bonchev–Trinajstić information content (AvgIpc) is 2.57. The molecule has 0 aliphatic rings. The van der Waals surface area contributed by atoms with Crippen LogP contribution < -0.4 is 5.32 Å². The maximum absolute atomic E-state index is 3.51. The van der Waals surface area contributed by atoms with Gasteiger partial charge in [-0.3, -0.25) is 0 Å². The normalized spacial score (nSPS) is 11.6. The van der Waals surface area contributed by atoms with Crippen LogP contribution in [0.25, 0.3) is 10.9 Å². The topological polar surface area (TPSA) is 27.8 Å². The molecule has 0 spiro atoms. The summed E-state index contributed by atoms with van der Waals surface area (Å²) in [6, 6.07) is 7.08. The Balaban J connectivity index is 2.27. The Morgan fingerprint density at radius 1 is 1.24 bits per heavy atom. The summed E-state index contributed by atoms with van der Waals surface area (Å²) in [5.41, 5.74) is 5.38. The molecule has 1 aromatic heterocycles. The molecule has 2 aromatic rings. The third-order valence-electron chi connectivity index (χ3n) is 3.29. The second-order valence-corrected chi connectivity index (χ2v) is 5.08. The van der Waals surface area contributed by atoms with Crippen LogP contribution in [-0.4, -0.2) is 17.6 Å². The summed E-state index contributed by atoms with van der Waals surface area (Å²) in [6.07, 6.45) is 1.09. The summed E-state index contributed by atoms with van der Waals surface area (Å²) >= 11 is 0. The minimum absolute atomic E-state index is 0.558. The van der Waals surface area contributed by atoms with Gasteiger partial charge in [-0.15, -0.1) is 0 Å². The highest BCUT2D eigenvalue weighted by atomic mass is 14.9. The number of fused-ring (bicyclic) bond motifs is 1. The molecule has 1 aromatic carbocycles. The summed E-state index contributed by atoms with van der Waals surface area (Å²) in [5, 5.41) is 4.86. The lowest BCUT2D eigenvalue weighted by molar-refractivity contribution is 0.590. The predicted molar refractivity (Wildman–Crippen MR) is 74.6 cm³/mol. The number of hydrogen-bond donors (Lipinski definition) is 2.